The quantitative estimate of drug-likeness (QED) is 0.799. The number of benzene rings is 1. The van der Waals surface area contributed by atoms with E-state index < -0.39 is 0 Å². The van der Waals surface area contributed by atoms with Gasteiger partial charge < -0.3 is 14.8 Å². The molecule has 0 aliphatic carbocycles. The van der Waals surface area contributed by atoms with Crippen LogP contribution in [0.1, 0.15) is 23.5 Å². The number of rotatable bonds is 3. The molecule has 0 spiro atoms. The molecule has 1 aliphatic heterocycles. The molecule has 0 fully saturated rings. The third kappa shape index (κ3) is 2.25. The van der Waals surface area contributed by atoms with Gasteiger partial charge in [0.25, 0.3) is 0 Å². The minimum absolute atomic E-state index is 0.0378. The van der Waals surface area contributed by atoms with Gasteiger partial charge in [-0.2, -0.15) is 5.10 Å². The summed E-state index contributed by atoms with van der Waals surface area (Å²) >= 11 is 0. The number of hydrogen-bond acceptors (Lipinski definition) is 5. The number of carbonyl (C=O) groups is 1. The molecule has 0 bridgehead atoms. The van der Waals surface area contributed by atoms with Crippen molar-refractivity contribution in [1.82, 2.24) is 14.6 Å². The first-order valence-electron chi connectivity index (χ1n) is 7.54. The molecule has 1 amide bonds. The fraction of sp³-hybridized carbons (Fsp3) is 0.235. The lowest BCUT2D eigenvalue weighted by Gasteiger charge is -2.28. The van der Waals surface area contributed by atoms with Crippen molar-refractivity contribution in [2.24, 2.45) is 0 Å². The highest BCUT2D eigenvalue weighted by molar-refractivity contribution is 5.96. The van der Waals surface area contributed by atoms with Crippen LogP contribution in [0.5, 0.6) is 11.5 Å². The molecule has 0 radical (unpaired) electrons. The molecule has 0 saturated heterocycles. The van der Waals surface area contributed by atoms with Crippen molar-refractivity contribution in [3.05, 3.63) is 47.9 Å². The van der Waals surface area contributed by atoms with Crippen LogP contribution in [0.3, 0.4) is 0 Å². The third-order valence-corrected chi connectivity index (χ3v) is 4.29. The van der Waals surface area contributed by atoms with Crippen molar-refractivity contribution in [3.8, 4) is 11.5 Å². The van der Waals surface area contributed by atoms with Crippen LogP contribution in [0.15, 0.2) is 36.8 Å². The number of nitrogens with one attached hydrogen (secondary N) is 1. The van der Waals surface area contributed by atoms with Gasteiger partial charge in [0.1, 0.15) is 17.8 Å². The number of amides is 1. The first-order chi connectivity index (χ1) is 11.7. The Balaban J connectivity index is 1.89. The van der Waals surface area contributed by atoms with Gasteiger partial charge >= 0.3 is 0 Å². The van der Waals surface area contributed by atoms with E-state index in [1.165, 1.54) is 6.33 Å². The summed E-state index contributed by atoms with van der Waals surface area (Å²) in [5.41, 5.74) is 3.40. The van der Waals surface area contributed by atoms with Gasteiger partial charge in [0.2, 0.25) is 5.91 Å². The van der Waals surface area contributed by atoms with Gasteiger partial charge in [-0.1, -0.05) is 0 Å². The summed E-state index contributed by atoms with van der Waals surface area (Å²) in [5, 5.41) is 7.01. The van der Waals surface area contributed by atoms with E-state index in [1.807, 2.05) is 30.5 Å². The zero-order chi connectivity index (χ0) is 16.7. The number of methoxy groups -OCH3 is 2. The number of pyridine rings is 1. The fourth-order valence-corrected chi connectivity index (χ4v) is 3.17. The maximum absolute atomic E-state index is 12.2. The van der Waals surface area contributed by atoms with Gasteiger partial charge in [-0.15, -0.1) is 0 Å². The number of fused-ring (bicyclic) bond motifs is 2. The normalized spacial score (nSPS) is 16.6. The average Bonchev–Trinajstić information content (AvgIpc) is 3.07. The lowest BCUT2D eigenvalue weighted by molar-refractivity contribution is -0.116. The Kier molecular flexibility index (Phi) is 3.34. The Morgan fingerprint density at radius 3 is 2.92 bits per heavy atom. The van der Waals surface area contributed by atoms with Gasteiger partial charge in [-0.05, 0) is 17.7 Å². The van der Waals surface area contributed by atoms with Crippen LogP contribution >= 0.6 is 0 Å². The zero-order valence-electron chi connectivity index (χ0n) is 13.3. The Bertz CT molecular complexity index is 935. The first kappa shape index (κ1) is 14.5. The smallest absolute Gasteiger partial charge is 0.225 e. The summed E-state index contributed by atoms with van der Waals surface area (Å²) in [6.07, 6.45) is 3.70. The fourth-order valence-electron chi connectivity index (χ4n) is 3.17. The molecule has 4 rings (SSSR count). The second-order valence-electron chi connectivity index (χ2n) is 5.62. The number of carbonyl (C=O) groups excluding carboxylic acids is 1. The number of anilines is 1. The van der Waals surface area contributed by atoms with E-state index in [1.54, 1.807) is 18.7 Å². The molecular formula is C17H16N4O3. The van der Waals surface area contributed by atoms with Gasteiger partial charge in [-0.25, -0.2) is 9.50 Å². The summed E-state index contributed by atoms with van der Waals surface area (Å²) in [4.78, 5) is 16.4. The topological polar surface area (TPSA) is 77.8 Å². The zero-order valence-corrected chi connectivity index (χ0v) is 13.3. The van der Waals surface area contributed by atoms with Crippen molar-refractivity contribution in [2.45, 2.75) is 12.3 Å². The van der Waals surface area contributed by atoms with E-state index in [-0.39, 0.29) is 11.8 Å². The molecule has 7 nitrogen and oxygen atoms in total. The molecule has 1 aliphatic rings. The molecule has 7 heteroatoms. The summed E-state index contributed by atoms with van der Waals surface area (Å²) in [6, 6.07) is 7.55. The average molecular weight is 324 g/mol. The van der Waals surface area contributed by atoms with E-state index in [9.17, 15) is 4.79 Å². The monoisotopic (exact) mass is 324 g/mol. The molecule has 122 valence electrons. The predicted molar refractivity (Wildman–Crippen MR) is 87.6 cm³/mol. The van der Waals surface area contributed by atoms with E-state index >= 15 is 0 Å². The SMILES string of the molecule is COc1cc2c(c(OC)c1)C(c1ccn3ncnc3c1)CC(=O)N2. The predicted octanol–water partition coefficient (Wildman–Crippen LogP) is 2.22. The number of ether oxygens (including phenoxy) is 2. The first-order valence-corrected chi connectivity index (χ1v) is 7.54. The van der Waals surface area contributed by atoms with Crippen molar-refractivity contribution >= 4 is 17.2 Å². The van der Waals surface area contributed by atoms with Crippen LogP contribution in [-0.2, 0) is 4.79 Å². The Morgan fingerprint density at radius 1 is 1.25 bits per heavy atom. The lowest BCUT2D eigenvalue weighted by Crippen LogP contribution is -2.24. The Morgan fingerprint density at radius 2 is 2.12 bits per heavy atom. The van der Waals surface area contributed by atoms with E-state index in [2.05, 4.69) is 15.4 Å². The van der Waals surface area contributed by atoms with Gasteiger partial charge in [0.05, 0.1) is 19.9 Å². The van der Waals surface area contributed by atoms with E-state index in [0.29, 0.717) is 23.6 Å². The van der Waals surface area contributed by atoms with E-state index in [0.717, 1.165) is 16.8 Å². The molecule has 1 atom stereocenters. The van der Waals surface area contributed by atoms with Crippen LogP contribution in [0.2, 0.25) is 0 Å². The molecule has 24 heavy (non-hydrogen) atoms. The number of hydrogen-bond donors (Lipinski definition) is 1. The largest absolute Gasteiger partial charge is 0.497 e. The summed E-state index contributed by atoms with van der Waals surface area (Å²) in [6.45, 7) is 0. The molecule has 0 saturated carbocycles. The minimum atomic E-state index is -0.115. The van der Waals surface area contributed by atoms with Crippen LogP contribution in [0.4, 0.5) is 5.69 Å². The summed E-state index contributed by atoms with van der Waals surface area (Å²) in [5.74, 6) is 1.18. The lowest BCUT2D eigenvalue weighted by atomic mass is 9.84. The third-order valence-electron chi connectivity index (χ3n) is 4.29. The van der Waals surface area contributed by atoms with Gasteiger partial charge in [-0.3, -0.25) is 4.79 Å². The minimum Gasteiger partial charge on any atom is -0.497 e. The Hall–Kier alpha value is -3.09. The van der Waals surface area contributed by atoms with Gasteiger partial charge in [0, 0.05) is 36.2 Å². The Labute approximate surface area is 138 Å². The summed E-state index contributed by atoms with van der Waals surface area (Å²) < 4.78 is 12.5. The molecule has 2 aromatic heterocycles. The highest BCUT2D eigenvalue weighted by Gasteiger charge is 2.30. The van der Waals surface area contributed by atoms with Crippen molar-refractivity contribution in [1.29, 1.82) is 0 Å². The second kappa shape index (κ2) is 5.52. The molecular weight excluding hydrogens is 308 g/mol. The maximum Gasteiger partial charge on any atom is 0.225 e. The van der Waals surface area contributed by atoms with Gasteiger partial charge in [0.15, 0.2) is 5.65 Å². The number of nitrogens with zero attached hydrogens (tertiary/aromatic N) is 3. The number of aromatic nitrogens is 3. The summed E-state index contributed by atoms with van der Waals surface area (Å²) in [7, 11) is 3.20. The van der Waals surface area contributed by atoms with E-state index in [4.69, 9.17) is 9.47 Å². The highest BCUT2D eigenvalue weighted by Crippen LogP contribution is 2.44. The highest BCUT2D eigenvalue weighted by atomic mass is 16.5. The van der Waals surface area contributed by atoms with Crippen molar-refractivity contribution in [3.63, 3.8) is 0 Å². The maximum atomic E-state index is 12.2. The van der Waals surface area contributed by atoms with Crippen LogP contribution in [0, 0.1) is 0 Å². The van der Waals surface area contributed by atoms with Crippen LogP contribution in [-0.4, -0.2) is 34.7 Å². The molecule has 3 aromatic rings. The molecule has 1 aromatic carbocycles. The standard InChI is InChI=1S/C17H16N4O3/c1-23-11-6-13-17(14(7-11)24-2)12(8-16(22)20-13)10-3-4-21-15(5-10)18-9-19-21/h3-7,9,12H,8H2,1-2H3,(H,20,22). The van der Waals surface area contributed by atoms with Crippen molar-refractivity contribution < 1.29 is 14.3 Å². The molecule has 1 N–H and O–H groups in total. The van der Waals surface area contributed by atoms with Crippen LogP contribution in [0.25, 0.3) is 5.65 Å². The second-order valence-corrected chi connectivity index (χ2v) is 5.62. The van der Waals surface area contributed by atoms with Crippen LogP contribution < -0.4 is 14.8 Å². The molecule has 3 heterocycles. The van der Waals surface area contributed by atoms with Crippen molar-refractivity contribution in [2.75, 3.05) is 19.5 Å². The molecule has 1 unspecified atom stereocenters.